The monoisotopic (exact) mass is 311 g/mol. The van der Waals surface area contributed by atoms with E-state index >= 15 is 0 Å². The minimum Gasteiger partial charge on any atom is -0.481 e. The molecule has 0 radical (unpaired) electrons. The zero-order valence-electron chi connectivity index (χ0n) is 11.2. The number of aromatic nitrogens is 1. The predicted molar refractivity (Wildman–Crippen MR) is 75.6 cm³/mol. The fraction of sp³-hybridized carbons (Fsp3) is 0.154. The second-order valence-electron chi connectivity index (χ2n) is 4.22. The van der Waals surface area contributed by atoms with Gasteiger partial charge in [-0.05, 0) is 23.8 Å². The molecular formula is C13H14FN3O3S. The largest absolute Gasteiger partial charge is 0.481 e. The van der Waals surface area contributed by atoms with Gasteiger partial charge in [0.1, 0.15) is 10.7 Å². The number of rotatable bonds is 5. The summed E-state index contributed by atoms with van der Waals surface area (Å²) in [6.07, 6.45) is 1.48. The molecule has 0 saturated carbocycles. The van der Waals surface area contributed by atoms with Crippen molar-refractivity contribution in [3.8, 4) is 5.88 Å². The number of methoxy groups -OCH3 is 1. The van der Waals surface area contributed by atoms with Crippen molar-refractivity contribution in [1.29, 1.82) is 0 Å². The van der Waals surface area contributed by atoms with Crippen molar-refractivity contribution in [1.82, 2.24) is 9.71 Å². The molecule has 0 aliphatic heterocycles. The van der Waals surface area contributed by atoms with Crippen molar-refractivity contribution in [2.45, 2.75) is 11.4 Å². The highest BCUT2D eigenvalue weighted by atomic mass is 32.2. The van der Waals surface area contributed by atoms with Gasteiger partial charge in [0, 0.05) is 18.8 Å². The first-order valence-electron chi connectivity index (χ1n) is 5.96. The lowest BCUT2D eigenvalue weighted by Gasteiger charge is -2.09. The van der Waals surface area contributed by atoms with Crippen LogP contribution in [0, 0.1) is 5.82 Å². The summed E-state index contributed by atoms with van der Waals surface area (Å²) in [6.45, 7) is 0.00921. The van der Waals surface area contributed by atoms with Gasteiger partial charge in [-0.25, -0.2) is 22.5 Å². The Morgan fingerprint density at radius 2 is 2.10 bits per heavy atom. The minimum absolute atomic E-state index is 0.00921. The Hall–Kier alpha value is -2.19. The van der Waals surface area contributed by atoms with Crippen LogP contribution in [0.1, 0.15) is 5.56 Å². The zero-order valence-corrected chi connectivity index (χ0v) is 12.0. The van der Waals surface area contributed by atoms with E-state index in [4.69, 9.17) is 10.5 Å². The number of halogens is 1. The van der Waals surface area contributed by atoms with Gasteiger partial charge in [0.15, 0.2) is 0 Å². The molecule has 0 atom stereocenters. The van der Waals surface area contributed by atoms with Gasteiger partial charge in [-0.2, -0.15) is 0 Å². The van der Waals surface area contributed by atoms with Gasteiger partial charge in [-0.3, -0.25) is 0 Å². The van der Waals surface area contributed by atoms with Crippen LogP contribution in [0.15, 0.2) is 41.4 Å². The average molecular weight is 311 g/mol. The zero-order chi connectivity index (χ0) is 15.5. The summed E-state index contributed by atoms with van der Waals surface area (Å²) in [5, 5.41) is 0. The molecule has 3 N–H and O–H groups in total. The van der Waals surface area contributed by atoms with E-state index in [1.807, 2.05) is 0 Å². The molecule has 21 heavy (non-hydrogen) atoms. The highest BCUT2D eigenvalue weighted by molar-refractivity contribution is 7.89. The average Bonchev–Trinajstić information content (AvgIpc) is 2.48. The molecule has 1 aromatic heterocycles. The number of hydrogen-bond donors (Lipinski definition) is 2. The molecule has 8 heteroatoms. The van der Waals surface area contributed by atoms with Crippen LogP contribution in [-0.4, -0.2) is 20.5 Å². The SMILES string of the molecule is COc1ccc(CNS(=O)(=O)c2cc(F)ccc2N)cn1. The maximum Gasteiger partial charge on any atom is 0.243 e. The molecule has 0 amide bonds. The summed E-state index contributed by atoms with van der Waals surface area (Å²) >= 11 is 0. The smallest absolute Gasteiger partial charge is 0.243 e. The van der Waals surface area contributed by atoms with Gasteiger partial charge in [0.25, 0.3) is 0 Å². The Kier molecular flexibility index (Phi) is 4.39. The molecule has 6 nitrogen and oxygen atoms in total. The van der Waals surface area contributed by atoms with E-state index in [1.54, 1.807) is 12.1 Å². The fourth-order valence-electron chi connectivity index (χ4n) is 1.63. The van der Waals surface area contributed by atoms with Crippen LogP contribution in [0.5, 0.6) is 5.88 Å². The number of nitrogens with two attached hydrogens (primary N) is 1. The topological polar surface area (TPSA) is 94.3 Å². The normalized spacial score (nSPS) is 11.3. The molecule has 112 valence electrons. The Morgan fingerprint density at radius 1 is 1.33 bits per heavy atom. The second-order valence-corrected chi connectivity index (χ2v) is 5.95. The van der Waals surface area contributed by atoms with E-state index in [1.165, 1.54) is 19.4 Å². The minimum atomic E-state index is -3.90. The van der Waals surface area contributed by atoms with Crippen molar-refractivity contribution in [3.63, 3.8) is 0 Å². The highest BCUT2D eigenvalue weighted by Crippen LogP contribution is 2.19. The Balaban J connectivity index is 2.15. The number of ether oxygens (including phenoxy) is 1. The number of benzene rings is 1. The summed E-state index contributed by atoms with van der Waals surface area (Å²) in [7, 11) is -2.42. The number of sulfonamides is 1. The predicted octanol–water partition coefficient (Wildman–Crippen LogP) is 1.29. The summed E-state index contributed by atoms with van der Waals surface area (Å²) in [6, 6.07) is 6.47. The van der Waals surface area contributed by atoms with Crippen LogP contribution >= 0.6 is 0 Å². The molecule has 0 spiro atoms. The van der Waals surface area contributed by atoms with Gasteiger partial charge in [-0.15, -0.1) is 0 Å². The molecule has 2 rings (SSSR count). The molecule has 0 fully saturated rings. The van der Waals surface area contributed by atoms with Crippen molar-refractivity contribution in [2.75, 3.05) is 12.8 Å². The van der Waals surface area contributed by atoms with Crippen molar-refractivity contribution in [3.05, 3.63) is 47.9 Å². The molecule has 0 saturated heterocycles. The second kappa shape index (κ2) is 6.06. The lowest BCUT2D eigenvalue weighted by molar-refractivity contribution is 0.397. The molecule has 0 aliphatic rings. The Morgan fingerprint density at radius 3 is 2.71 bits per heavy atom. The quantitative estimate of drug-likeness (QED) is 0.811. The third-order valence-corrected chi connectivity index (χ3v) is 4.20. The Bertz CT molecular complexity index is 733. The van der Waals surface area contributed by atoms with E-state index in [0.29, 0.717) is 11.4 Å². The van der Waals surface area contributed by atoms with E-state index in [0.717, 1.165) is 12.1 Å². The van der Waals surface area contributed by atoms with Gasteiger partial charge >= 0.3 is 0 Å². The van der Waals surface area contributed by atoms with Gasteiger partial charge in [-0.1, -0.05) is 6.07 Å². The van der Waals surface area contributed by atoms with Crippen molar-refractivity contribution < 1.29 is 17.5 Å². The number of anilines is 1. The van der Waals surface area contributed by atoms with E-state index in [9.17, 15) is 12.8 Å². The lowest BCUT2D eigenvalue weighted by atomic mass is 10.3. The van der Waals surface area contributed by atoms with Crippen LogP contribution in [-0.2, 0) is 16.6 Å². The van der Waals surface area contributed by atoms with Crippen LogP contribution in [0.25, 0.3) is 0 Å². The molecule has 1 heterocycles. The van der Waals surface area contributed by atoms with Gasteiger partial charge in [0.2, 0.25) is 15.9 Å². The van der Waals surface area contributed by atoms with Crippen LogP contribution in [0.4, 0.5) is 10.1 Å². The number of nitrogen functional groups attached to an aromatic ring is 1. The summed E-state index contributed by atoms with van der Waals surface area (Å²) in [4.78, 5) is 3.67. The van der Waals surface area contributed by atoms with Gasteiger partial charge < -0.3 is 10.5 Å². The van der Waals surface area contributed by atoms with E-state index < -0.39 is 15.8 Å². The number of hydrogen-bond acceptors (Lipinski definition) is 5. The first kappa shape index (κ1) is 15.2. The third-order valence-electron chi connectivity index (χ3n) is 2.74. The van der Waals surface area contributed by atoms with Crippen LogP contribution < -0.4 is 15.2 Å². The molecule has 2 aromatic rings. The molecule has 0 unspecified atom stereocenters. The number of nitrogens with one attached hydrogen (secondary N) is 1. The molecule has 1 aromatic carbocycles. The summed E-state index contributed by atoms with van der Waals surface area (Å²) < 4.78 is 44.6. The third kappa shape index (κ3) is 3.67. The highest BCUT2D eigenvalue weighted by Gasteiger charge is 2.18. The van der Waals surface area contributed by atoms with Crippen molar-refractivity contribution in [2.24, 2.45) is 0 Å². The van der Waals surface area contributed by atoms with Gasteiger partial charge in [0.05, 0.1) is 12.8 Å². The first-order valence-corrected chi connectivity index (χ1v) is 7.44. The van der Waals surface area contributed by atoms with Crippen molar-refractivity contribution >= 4 is 15.7 Å². The van der Waals surface area contributed by atoms with E-state index in [2.05, 4.69) is 9.71 Å². The fourth-order valence-corrected chi connectivity index (χ4v) is 2.79. The Labute approximate surface area is 121 Å². The maximum absolute atomic E-state index is 13.2. The number of nitrogens with zero attached hydrogens (tertiary/aromatic N) is 1. The standard InChI is InChI=1S/C13H14FN3O3S/c1-20-13-5-2-9(7-16-13)8-17-21(18,19)12-6-10(14)3-4-11(12)15/h2-7,17H,8,15H2,1H3. The summed E-state index contributed by atoms with van der Waals surface area (Å²) in [5.74, 6) is -0.244. The maximum atomic E-state index is 13.2. The summed E-state index contributed by atoms with van der Waals surface area (Å²) in [5.41, 5.74) is 6.18. The van der Waals surface area contributed by atoms with Crippen LogP contribution in [0.2, 0.25) is 0 Å². The molecule has 0 bridgehead atoms. The molecular weight excluding hydrogens is 297 g/mol. The first-order chi connectivity index (χ1) is 9.92. The molecule has 0 aliphatic carbocycles. The van der Waals surface area contributed by atoms with Crippen LogP contribution in [0.3, 0.4) is 0 Å². The number of pyridine rings is 1. The van der Waals surface area contributed by atoms with E-state index in [-0.39, 0.29) is 17.1 Å². The lowest BCUT2D eigenvalue weighted by Crippen LogP contribution is -2.24.